The Morgan fingerprint density at radius 1 is 1.27 bits per heavy atom. The zero-order chi connectivity index (χ0) is 24.0. The third kappa shape index (κ3) is 4.20. The fourth-order valence-electron chi connectivity index (χ4n) is 5.29. The number of anilines is 1. The van der Waals surface area contributed by atoms with Crippen LogP contribution in [0, 0.1) is 36.5 Å². The van der Waals surface area contributed by atoms with Gasteiger partial charge in [0.1, 0.15) is 11.5 Å². The van der Waals surface area contributed by atoms with Crippen molar-refractivity contribution in [2.45, 2.75) is 32.9 Å². The van der Waals surface area contributed by atoms with Crippen LogP contribution in [0.3, 0.4) is 0 Å². The minimum absolute atomic E-state index is 0.0533. The number of hydrogen-bond donors (Lipinski definition) is 1. The van der Waals surface area contributed by atoms with Gasteiger partial charge in [-0.25, -0.2) is 0 Å². The van der Waals surface area contributed by atoms with Crippen LogP contribution in [0.15, 0.2) is 28.7 Å². The Morgan fingerprint density at radius 2 is 1.97 bits per heavy atom. The second-order valence-electron chi connectivity index (χ2n) is 9.08. The molecular weight excluding hydrogens is 435 g/mol. The van der Waals surface area contributed by atoms with Crippen molar-refractivity contribution in [2.75, 3.05) is 37.7 Å². The molecule has 1 amide bonds. The minimum Gasteiger partial charge on any atom is -0.466 e. The molecule has 176 valence electrons. The molecule has 0 radical (unpaired) electrons. The van der Waals surface area contributed by atoms with Crippen LogP contribution in [0.25, 0.3) is 0 Å². The van der Waals surface area contributed by atoms with Crippen LogP contribution in [0.5, 0.6) is 0 Å². The Labute approximate surface area is 190 Å². The fourth-order valence-corrected chi connectivity index (χ4v) is 5.29. The molecule has 1 spiro atoms. The first kappa shape index (κ1) is 23.2. The average Bonchev–Trinajstić information content (AvgIpc) is 3.31. The molecule has 2 fully saturated rings. The van der Waals surface area contributed by atoms with E-state index in [2.05, 4.69) is 0 Å². The molecule has 0 saturated carbocycles. The lowest BCUT2D eigenvalue weighted by Gasteiger charge is -2.43. The van der Waals surface area contributed by atoms with Crippen LogP contribution in [-0.4, -0.2) is 48.7 Å². The summed E-state index contributed by atoms with van der Waals surface area (Å²) in [6.07, 6.45) is -3.31. The van der Waals surface area contributed by atoms with E-state index < -0.39 is 17.3 Å². The predicted molar refractivity (Wildman–Crippen MR) is 115 cm³/mol. The number of carbonyl (C=O) groups excluding carboxylic acids is 1. The molecule has 2 aromatic rings. The molecule has 3 heterocycles. The number of carbonyl (C=O) groups is 1. The molecule has 9 heteroatoms. The van der Waals surface area contributed by atoms with Gasteiger partial charge in [-0.05, 0) is 56.4 Å². The van der Waals surface area contributed by atoms with E-state index in [-0.39, 0.29) is 23.8 Å². The third-order valence-corrected chi connectivity index (χ3v) is 7.14. The number of halogens is 3. The number of nitrogens with zero attached hydrogens (tertiary/aromatic N) is 3. The average molecular weight is 461 g/mol. The number of aliphatic hydroxyl groups excluding tert-OH is 1. The van der Waals surface area contributed by atoms with Gasteiger partial charge in [0.2, 0.25) is 0 Å². The summed E-state index contributed by atoms with van der Waals surface area (Å²) in [6.45, 7) is 5.43. The summed E-state index contributed by atoms with van der Waals surface area (Å²) in [7, 11) is 0. The second-order valence-corrected chi connectivity index (χ2v) is 9.08. The molecule has 33 heavy (non-hydrogen) atoms. The van der Waals surface area contributed by atoms with E-state index in [1.807, 2.05) is 4.90 Å². The van der Waals surface area contributed by atoms with Gasteiger partial charge in [0.05, 0.1) is 22.8 Å². The predicted octanol–water partition coefficient (Wildman–Crippen LogP) is 4.14. The number of aliphatic hydroxyl groups is 1. The standard InChI is InChI=1S/C24H26F3N3O3/c1-15-9-20(16(2)33-15)22(32)30-12-18(13-31)23(14-30)5-7-29(8-6-23)19-4-3-17(11-28)21(10-19)24(25,26)27/h3-4,9-10,18,31H,5-8,12-14H2,1-2H3. The first-order chi connectivity index (χ1) is 15.6. The first-order valence-electron chi connectivity index (χ1n) is 10.9. The highest BCUT2D eigenvalue weighted by atomic mass is 19.4. The van der Waals surface area contributed by atoms with E-state index in [1.54, 1.807) is 36.9 Å². The van der Waals surface area contributed by atoms with E-state index in [1.165, 1.54) is 6.07 Å². The van der Waals surface area contributed by atoms with Gasteiger partial charge in [-0.1, -0.05) is 0 Å². The molecule has 1 N–H and O–H groups in total. The van der Waals surface area contributed by atoms with E-state index >= 15 is 0 Å². The van der Waals surface area contributed by atoms with Crippen molar-refractivity contribution < 1.29 is 27.5 Å². The van der Waals surface area contributed by atoms with Gasteiger partial charge in [-0.15, -0.1) is 0 Å². The number of rotatable bonds is 3. The first-order valence-corrected chi connectivity index (χ1v) is 10.9. The highest BCUT2D eigenvalue weighted by Gasteiger charge is 2.49. The number of benzene rings is 1. The molecule has 1 atom stereocenters. The summed E-state index contributed by atoms with van der Waals surface area (Å²) in [5.74, 6) is 1.01. The Morgan fingerprint density at radius 3 is 2.52 bits per heavy atom. The second kappa shape index (κ2) is 8.41. The molecule has 1 aromatic heterocycles. The molecule has 2 aliphatic rings. The van der Waals surface area contributed by atoms with Crippen LogP contribution in [-0.2, 0) is 6.18 Å². The monoisotopic (exact) mass is 461 g/mol. The van der Waals surface area contributed by atoms with Crippen molar-refractivity contribution in [3.8, 4) is 6.07 Å². The number of aryl methyl sites for hydroxylation is 2. The van der Waals surface area contributed by atoms with Crippen molar-refractivity contribution >= 4 is 11.6 Å². The maximum Gasteiger partial charge on any atom is 0.417 e. The fraction of sp³-hybridized carbons (Fsp3) is 0.500. The van der Waals surface area contributed by atoms with Gasteiger partial charge in [0.15, 0.2) is 0 Å². The summed E-state index contributed by atoms with van der Waals surface area (Å²) in [6, 6.07) is 7.13. The third-order valence-electron chi connectivity index (χ3n) is 7.14. The van der Waals surface area contributed by atoms with E-state index in [0.29, 0.717) is 61.8 Å². The largest absolute Gasteiger partial charge is 0.466 e. The Balaban J connectivity index is 1.51. The number of likely N-dealkylation sites (tertiary alicyclic amines) is 1. The summed E-state index contributed by atoms with van der Waals surface area (Å²) in [5, 5.41) is 19.1. The van der Waals surface area contributed by atoms with Crippen LogP contribution in [0.2, 0.25) is 0 Å². The van der Waals surface area contributed by atoms with Crippen molar-refractivity contribution in [2.24, 2.45) is 11.3 Å². The van der Waals surface area contributed by atoms with Crippen LogP contribution in [0.1, 0.15) is 45.8 Å². The molecule has 0 aliphatic carbocycles. The molecule has 1 aromatic carbocycles. The molecule has 2 aliphatic heterocycles. The highest BCUT2D eigenvalue weighted by Crippen LogP contribution is 2.46. The Hall–Kier alpha value is -2.99. The van der Waals surface area contributed by atoms with Gasteiger partial charge >= 0.3 is 6.18 Å². The summed E-state index contributed by atoms with van der Waals surface area (Å²) < 4.78 is 45.6. The number of amides is 1. The molecule has 0 bridgehead atoms. The van der Waals surface area contributed by atoms with Crippen LogP contribution in [0.4, 0.5) is 18.9 Å². The lowest BCUT2D eigenvalue weighted by Crippen LogP contribution is -2.45. The summed E-state index contributed by atoms with van der Waals surface area (Å²) in [4.78, 5) is 16.7. The number of furan rings is 1. The molecule has 1 unspecified atom stereocenters. The van der Waals surface area contributed by atoms with Crippen molar-refractivity contribution in [3.05, 3.63) is 52.5 Å². The van der Waals surface area contributed by atoms with Crippen LogP contribution < -0.4 is 4.90 Å². The minimum atomic E-state index is -4.60. The van der Waals surface area contributed by atoms with Gasteiger partial charge in [-0.2, -0.15) is 18.4 Å². The quantitative estimate of drug-likeness (QED) is 0.743. The smallest absolute Gasteiger partial charge is 0.417 e. The van der Waals surface area contributed by atoms with Gasteiger partial charge in [0.25, 0.3) is 5.91 Å². The lowest BCUT2D eigenvalue weighted by molar-refractivity contribution is -0.137. The number of nitriles is 1. The van der Waals surface area contributed by atoms with E-state index in [0.717, 1.165) is 6.07 Å². The topological polar surface area (TPSA) is 80.7 Å². The number of piperidine rings is 1. The summed E-state index contributed by atoms with van der Waals surface area (Å²) in [5.41, 5.74) is -0.662. The van der Waals surface area contributed by atoms with Crippen molar-refractivity contribution in [1.82, 2.24) is 4.90 Å². The molecule has 2 saturated heterocycles. The zero-order valence-corrected chi connectivity index (χ0v) is 18.6. The Bertz CT molecular complexity index is 1090. The number of hydrogen-bond acceptors (Lipinski definition) is 5. The summed E-state index contributed by atoms with van der Waals surface area (Å²) >= 11 is 0. The van der Waals surface area contributed by atoms with E-state index in [4.69, 9.17) is 9.68 Å². The normalized spacial score (nSPS) is 20.3. The Kier molecular flexibility index (Phi) is 5.91. The maximum absolute atomic E-state index is 13.4. The van der Waals surface area contributed by atoms with Crippen LogP contribution >= 0.6 is 0 Å². The zero-order valence-electron chi connectivity index (χ0n) is 18.6. The highest BCUT2D eigenvalue weighted by molar-refractivity contribution is 5.95. The van der Waals surface area contributed by atoms with Crippen molar-refractivity contribution in [3.63, 3.8) is 0 Å². The molecule has 4 rings (SSSR count). The lowest BCUT2D eigenvalue weighted by atomic mass is 9.71. The number of alkyl halides is 3. The maximum atomic E-state index is 13.4. The van der Waals surface area contributed by atoms with Gasteiger partial charge in [-0.3, -0.25) is 4.79 Å². The SMILES string of the molecule is Cc1cc(C(=O)N2CC(CO)C3(CCN(c4ccc(C#N)c(C(F)(F)F)c4)CC3)C2)c(C)o1. The van der Waals surface area contributed by atoms with Gasteiger partial charge in [0, 0.05) is 44.4 Å². The van der Waals surface area contributed by atoms with E-state index in [9.17, 15) is 23.1 Å². The van der Waals surface area contributed by atoms with Gasteiger partial charge < -0.3 is 19.3 Å². The van der Waals surface area contributed by atoms with Crippen molar-refractivity contribution in [1.29, 1.82) is 5.26 Å². The molecular formula is C24H26F3N3O3. The molecule has 6 nitrogen and oxygen atoms in total.